The van der Waals surface area contributed by atoms with Gasteiger partial charge in [0.25, 0.3) is 0 Å². The van der Waals surface area contributed by atoms with E-state index in [1.807, 2.05) is 12.1 Å². The molecule has 0 radical (unpaired) electrons. The van der Waals surface area contributed by atoms with Gasteiger partial charge in [-0.15, -0.1) is 0 Å². The third kappa shape index (κ3) is 5.73. The minimum absolute atomic E-state index is 0.0627. The average molecular weight is 236 g/mol. The second kappa shape index (κ2) is 7.33. The van der Waals surface area contributed by atoms with E-state index >= 15 is 0 Å². The molecule has 1 atom stereocenters. The van der Waals surface area contributed by atoms with Crippen molar-refractivity contribution in [1.29, 1.82) is 0 Å². The van der Waals surface area contributed by atoms with Gasteiger partial charge in [-0.1, -0.05) is 32.9 Å². The van der Waals surface area contributed by atoms with E-state index in [0.717, 1.165) is 24.0 Å². The van der Waals surface area contributed by atoms with Crippen LogP contribution in [0.2, 0.25) is 0 Å². The van der Waals surface area contributed by atoms with Gasteiger partial charge in [0.05, 0.1) is 6.61 Å². The summed E-state index contributed by atoms with van der Waals surface area (Å²) in [6, 6.07) is 8.19. The molecule has 0 aliphatic carbocycles. The Kier molecular flexibility index (Phi) is 6.06. The molecule has 2 nitrogen and oxygen atoms in total. The minimum Gasteiger partial charge on any atom is -0.491 e. The summed E-state index contributed by atoms with van der Waals surface area (Å²) >= 11 is 0. The van der Waals surface area contributed by atoms with Gasteiger partial charge in [-0.3, -0.25) is 0 Å². The van der Waals surface area contributed by atoms with Crippen LogP contribution >= 0.6 is 0 Å². The molecule has 0 fully saturated rings. The van der Waals surface area contributed by atoms with Crippen molar-refractivity contribution in [3.63, 3.8) is 0 Å². The quantitative estimate of drug-likeness (QED) is 0.787. The summed E-state index contributed by atoms with van der Waals surface area (Å²) in [5.74, 6) is 2.32. The largest absolute Gasteiger partial charge is 0.491 e. The fourth-order valence-corrected chi connectivity index (χ4v) is 2.18. The first-order chi connectivity index (χ1) is 8.11. The summed E-state index contributed by atoms with van der Waals surface area (Å²) in [7, 11) is 0. The maximum Gasteiger partial charge on any atom is 0.119 e. The van der Waals surface area contributed by atoms with Crippen molar-refractivity contribution < 1.29 is 9.84 Å². The molecule has 0 saturated carbocycles. The Morgan fingerprint density at radius 2 is 1.76 bits per heavy atom. The normalized spacial score (nSPS) is 12.8. The van der Waals surface area contributed by atoms with Crippen LogP contribution in [0, 0.1) is 11.8 Å². The van der Waals surface area contributed by atoms with Gasteiger partial charge in [0, 0.05) is 0 Å². The van der Waals surface area contributed by atoms with Crippen LogP contribution in [0.1, 0.15) is 32.8 Å². The van der Waals surface area contributed by atoms with Crippen molar-refractivity contribution in [2.75, 3.05) is 13.2 Å². The third-order valence-electron chi connectivity index (χ3n) is 2.74. The Bertz CT molecular complexity index is 303. The van der Waals surface area contributed by atoms with E-state index < -0.39 is 0 Å². The first-order valence-corrected chi connectivity index (χ1v) is 6.44. The van der Waals surface area contributed by atoms with Crippen LogP contribution in [0.5, 0.6) is 5.75 Å². The molecule has 0 saturated heterocycles. The Labute approximate surface area is 105 Å². The van der Waals surface area contributed by atoms with Crippen molar-refractivity contribution in [3.05, 3.63) is 29.8 Å². The first kappa shape index (κ1) is 14.0. The van der Waals surface area contributed by atoms with Crippen molar-refractivity contribution >= 4 is 0 Å². The number of benzene rings is 1. The lowest BCUT2D eigenvalue weighted by Gasteiger charge is -2.14. The number of rotatable bonds is 7. The zero-order chi connectivity index (χ0) is 12.7. The molecule has 1 N–H and O–H groups in total. The second-order valence-electron chi connectivity index (χ2n) is 5.15. The fraction of sp³-hybridized carbons (Fsp3) is 0.600. The molecule has 2 heteroatoms. The van der Waals surface area contributed by atoms with Crippen molar-refractivity contribution in [2.24, 2.45) is 11.8 Å². The van der Waals surface area contributed by atoms with E-state index in [9.17, 15) is 0 Å². The van der Waals surface area contributed by atoms with Crippen LogP contribution in [0.15, 0.2) is 24.3 Å². The van der Waals surface area contributed by atoms with Gasteiger partial charge >= 0.3 is 0 Å². The monoisotopic (exact) mass is 236 g/mol. The lowest BCUT2D eigenvalue weighted by molar-refractivity contribution is 0.201. The van der Waals surface area contributed by atoms with Gasteiger partial charge < -0.3 is 9.84 Å². The van der Waals surface area contributed by atoms with E-state index in [1.165, 1.54) is 12.0 Å². The molecule has 0 spiro atoms. The van der Waals surface area contributed by atoms with Crippen molar-refractivity contribution in [3.8, 4) is 5.75 Å². The highest BCUT2D eigenvalue weighted by molar-refractivity contribution is 5.27. The molecule has 1 aromatic rings. The molecule has 0 bridgehead atoms. The SMILES string of the molecule is CC(C)CC(C)Cc1ccc(OCCO)cc1. The van der Waals surface area contributed by atoms with E-state index in [4.69, 9.17) is 9.84 Å². The van der Waals surface area contributed by atoms with Gasteiger partial charge in [0.1, 0.15) is 12.4 Å². The lowest BCUT2D eigenvalue weighted by atomic mass is 9.93. The molecular formula is C15H24O2. The summed E-state index contributed by atoms with van der Waals surface area (Å²) < 4.78 is 5.33. The lowest BCUT2D eigenvalue weighted by Crippen LogP contribution is -2.04. The average Bonchev–Trinajstić information content (AvgIpc) is 2.27. The highest BCUT2D eigenvalue weighted by Gasteiger charge is 2.06. The highest BCUT2D eigenvalue weighted by Crippen LogP contribution is 2.19. The summed E-state index contributed by atoms with van der Waals surface area (Å²) in [6.07, 6.45) is 2.39. The summed E-state index contributed by atoms with van der Waals surface area (Å²) in [4.78, 5) is 0. The Balaban J connectivity index is 2.44. The number of hydrogen-bond acceptors (Lipinski definition) is 2. The van der Waals surface area contributed by atoms with Gasteiger partial charge in [-0.25, -0.2) is 0 Å². The van der Waals surface area contributed by atoms with E-state index in [1.54, 1.807) is 0 Å². The fourth-order valence-electron chi connectivity index (χ4n) is 2.18. The standard InChI is InChI=1S/C15H24O2/c1-12(2)10-13(3)11-14-4-6-15(7-5-14)17-9-8-16/h4-7,12-13,16H,8-11H2,1-3H3. The first-order valence-electron chi connectivity index (χ1n) is 6.44. The smallest absolute Gasteiger partial charge is 0.119 e. The summed E-state index contributed by atoms with van der Waals surface area (Å²) in [5, 5.41) is 8.66. The van der Waals surface area contributed by atoms with Gasteiger partial charge in [0.2, 0.25) is 0 Å². The van der Waals surface area contributed by atoms with Gasteiger partial charge in [-0.2, -0.15) is 0 Å². The molecule has 1 aromatic carbocycles. The molecule has 1 rings (SSSR count). The highest BCUT2D eigenvalue weighted by atomic mass is 16.5. The van der Waals surface area contributed by atoms with E-state index in [0.29, 0.717) is 6.61 Å². The van der Waals surface area contributed by atoms with Crippen molar-refractivity contribution in [1.82, 2.24) is 0 Å². The van der Waals surface area contributed by atoms with E-state index in [-0.39, 0.29) is 6.61 Å². The molecule has 17 heavy (non-hydrogen) atoms. The number of ether oxygens (including phenoxy) is 1. The maximum absolute atomic E-state index is 8.66. The zero-order valence-electron chi connectivity index (χ0n) is 11.1. The maximum atomic E-state index is 8.66. The Hall–Kier alpha value is -1.02. The van der Waals surface area contributed by atoms with Crippen LogP contribution in [0.25, 0.3) is 0 Å². The molecule has 1 unspecified atom stereocenters. The van der Waals surface area contributed by atoms with E-state index in [2.05, 4.69) is 32.9 Å². The second-order valence-corrected chi connectivity index (χ2v) is 5.15. The molecule has 0 aliphatic rings. The predicted octanol–water partition coefficient (Wildman–Crippen LogP) is 3.28. The van der Waals surface area contributed by atoms with Crippen LogP contribution in [0.4, 0.5) is 0 Å². The Morgan fingerprint density at radius 1 is 1.12 bits per heavy atom. The Morgan fingerprint density at radius 3 is 2.29 bits per heavy atom. The van der Waals surface area contributed by atoms with Crippen LogP contribution in [0.3, 0.4) is 0 Å². The minimum atomic E-state index is 0.0627. The summed E-state index contributed by atoms with van der Waals surface area (Å²) in [6.45, 7) is 7.26. The van der Waals surface area contributed by atoms with Crippen LogP contribution in [-0.2, 0) is 6.42 Å². The molecule has 0 amide bonds. The van der Waals surface area contributed by atoms with Crippen LogP contribution in [-0.4, -0.2) is 18.3 Å². The number of hydrogen-bond donors (Lipinski definition) is 1. The number of aliphatic hydroxyl groups excluding tert-OH is 1. The van der Waals surface area contributed by atoms with Gasteiger partial charge in [-0.05, 0) is 42.4 Å². The molecule has 0 aromatic heterocycles. The zero-order valence-corrected chi connectivity index (χ0v) is 11.1. The predicted molar refractivity (Wildman–Crippen MR) is 71.3 cm³/mol. The van der Waals surface area contributed by atoms with Gasteiger partial charge in [0.15, 0.2) is 0 Å². The molecular weight excluding hydrogens is 212 g/mol. The molecule has 0 aliphatic heterocycles. The van der Waals surface area contributed by atoms with Crippen molar-refractivity contribution in [2.45, 2.75) is 33.6 Å². The topological polar surface area (TPSA) is 29.5 Å². The summed E-state index contributed by atoms with van der Waals surface area (Å²) in [5.41, 5.74) is 1.36. The third-order valence-corrected chi connectivity index (χ3v) is 2.74. The van der Waals surface area contributed by atoms with Crippen LogP contribution < -0.4 is 4.74 Å². The molecule has 96 valence electrons. The number of aliphatic hydroxyl groups is 1. The molecule has 0 heterocycles.